The van der Waals surface area contributed by atoms with Crippen molar-refractivity contribution in [3.05, 3.63) is 77.3 Å². The highest BCUT2D eigenvalue weighted by Gasteiger charge is 2.31. The number of nitrogens with two attached hydrogens (primary N) is 1. The summed E-state index contributed by atoms with van der Waals surface area (Å²) >= 11 is 6.01. The zero-order chi connectivity index (χ0) is 21.3. The molecule has 1 aromatic heterocycles. The van der Waals surface area contributed by atoms with Gasteiger partial charge < -0.3 is 16.4 Å². The number of para-hydroxylation sites is 1. The molecule has 7 nitrogen and oxygen atoms in total. The van der Waals surface area contributed by atoms with Crippen LogP contribution in [0.3, 0.4) is 0 Å². The second-order valence-corrected chi connectivity index (χ2v) is 7.34. The zero-order valence-corrected chi connectivity index (χ0v) is 16.8. The maximum absolute atomic E-state index is 12.3. The van der Waals surface area contributed by atoms with E-state index in [9.17, 15) is 9.59 Å². The SMILES string of the molecule is C=CC(=O)Nc1ccccc1[C@H]1CCNc2c(C(N)=O)c(-c3ccc(Cl)cc3)nn21. The van der Waals surface area contributed by atoms with Crippen molar-refractivity contribution in [2.45, 2.75) is 12.5 Å². The molecule has 1 aliphatic rings. The first-order valence-electron chi connectivity index (χ1n) is 9.44. The van der Waals surface area contributed by atoms with Crippen LogP contribution in [0, 0.1) is 0 Å². The molecule has 30 heavy (non-hydrogen) atoms. The lowest BCUT2D eigenvalue weighted by Gasteiger charge is -2.28. The Balaban J connectivity index is 1.85. The molecule has 1 aliphatic heterocycles. The molecule has 152 valence electrons. The van der Waals surface area contributed by atoms with Gasteiger partial charge in [-0.2, -0.15) is 5.10 Å². The molecule has 0 unspecified atom stereocenters. The first-order valence-corrected chi connectivity index (χ1v) is 9.82. The molecule has 0 radical (unpaired) electrons. The number of halogens is 1. The Bertz CT molecular complexity index is 1140. The lowest BCUT2D eigenvalue weighted by molar-refractivity contribution is -0.111. The van der Waals surface area contributed by atoms with Crippen molar-refractivity contribution in [1.29, 1.82) is 0 Å². The average Bonchev–Trinajstić information content (AvgIpc) is 3.14. The monoisotopic (exact) mass is 421 g/mol. The van der Waals surface area contributed by atoms with E-state index in [1.165, 1.54) is 6.08 Å². The Kier molecular flexibility index (Phi) is 5.29. The molecule has 4 rings (SSSR count). The van der Waals surface area contributed by atoms with E-state index in [0.717, 1.165) is 11.1 Å². The van der Waals surface area contributed by atoms with Gasteiger partial charge in [0.05, 0.1) is 6.04 Å². The summed E-state index contributed by atoms with van der Waals surface area (Å²) in [6.07, 6.45) is 1.94. The van der Waals surface area contributed by atoms with Crippen molar-refractivity contribution in [2.24, 2.45) is 5.73 Å². The van der Waals surface area contributed by atoms with Crippen LogP contribution in [0.2, 0.25) is 5.02 Å². The maximum Gasteiger partial charge on any atom is 0.254 e. The number of carbonyl (C=O) groups excluding carboxylic acids is 2. The predicted molar refractivity (Wildman–Crippen MR) is 118 cm³/mol. The molecular formula is C22H20ClN5O2. The van der Waals surface area contributed by atoms with E-state index in [0.29, 0.717) is 40.8 Å². The number of hydrogen-bond acceptors (Lipinski definition) is 4. The van der Waals surface area contributed by atoms with Crippen LogP contribution < -0.4 is 16.4 Å². The Morgan fingerprint density at radius 1 is 1.23 bits per heavy atom. The Morgan fingerprint density at radius 2 is 1.97 bits per heavy atom. The molecule has 0 bridgehead atoms. The molecule has 0 saturated heterocycles. The minimum Gasteiger partial charge on any atom is -0.369 e. The normalized spacial score (nSPS) is 15.0. The van der Waals surface area contributed by atoms with E-state index in [1.807, 2.05) is 24.3 Å². The van der Waals surface area contributed by atoms with Gasteiger partial charge in [0.2, 0.25) is 5.91 Å². The molecule has 0 spiro atoms. The molecule has 0 fully saturated rings. The summed E-state index contributed by atoms with van der Waals surface area (Å²) in [6, 6.07) is 14.4. The zero-order valence-electron chi connectivity index (χ0n) is 16.1. The lowest BCUT2D eigenvalue weighted by Crippen LogP contribution is -2.27. The third-order valence-electron chi connectivity index (χ3n) is 5.04. The smallest absolute Gasteiger partial charge is 0.254 e. The predicted octanol–water partition coefficient (Wildman–Crippen LogP) is 3.83. The molecule has 4 N–H and O–H groups in total. The van der Waals surface area contributed by atoms with Crippen LogP contribution in [-0.4, -0.2) is 28.1 Å². The van der Waals surface area contributed by atoms with E-state index < -0.39 is 5.91 Å². The molecule has 1 atom stereocenters. The van der Waals surface area contributed by atoms with Crippen LogP contribution >= 0.6 is 11.6 Å². The molecule has 2 heterocycles. The van der Waals surface area contributed by atoms with Gasteiger partial charge in [-0.25, -0.2) is 4.68 Å². The molecule has 0 aliphatic carbocycles. The standard InChI is InChI=1S/C22H20ClN5O2/c1-2-18(29)26-16-6-4-3-5-15(16)17-11-12-25-22-19(21(24)30)20(27-28(17)22)13-7-9-14(23)10-8-13/h2-10,17,25H,1,11-12H2,(H2,24,30)(H,26,29)/t17-/m1/s1. The van der Waals surface area contributed by atoms with Gasteiger partial charge in [-0.3, -0.25) is 9.59 Å². The minimum atomic E-state index is -0.567. The highest BCUT2D eigenvalue weighted by molar-refractivity contribution is 6.30. The number of nitrogens with one attached hydrogen (secondary N) is 2. The molecule has 2 amide bonds. The van der Waals surface area contributed by atoms with E-state index >= 15 is 0 Å². The van der Waals surface area contributed by atoms with Crippen LogP contribution in [-0.2, 0) is 4.79 Å². The third-order valence-corrected chi connectivity index (χ3v) is 5.29. The van der Waals surface area contributed by atoms with Crippen molar-refractivity contribution in [3.8, 4) is 11.3 Å². The van der Waals surface area contributed by atoms with Gasteiger partial charge in [-0.15, -0.1) is 0 Å². The molecule has 8 heteroatoms. The van der Waals surface area contributed by atoms with Crippen LogP contribution in [0.1, 0.15) is 28.4 Å². The summed E-state index contributed by atoms with van der Waals surface area (Å²) in [4.78, 5) is 24.2. The van der Waals surface area contributed by atoms with Crippen molar-refractivity contribution in [3.63, 3.8) is 0 Å². The number of anilines is 2. The number of primary amides is 1. The topological polar surface area (TPSA) is 102 Å². The van der Waals surface area contributed by atoms with Crippen molar-refractivity contribution < 1.29 is 9.59 Å². The average molecular weight is 422 g/mol. The van der Waals surface area contributed by atoms with Crippen LogP contribution in [0.25, 0.3) is 11.3 Å². The fraction of sp³-hybridized carbons (Fsp3) is 0.136. The number of amides is 2. The number of carbonyl (C=O) groups is 2. The van der Waals surface area contributed by atoms with E-state index in [1.54, 1.807) is 28.9 Å². The van der Waals surface area contributed by atoms with E-state index in [2.05, 4.69) is 17.2 Å². The van der Waals surface area contributed by atoms with Crippen molar-refractivity contribution in [1.82, 2.24) is 9.78 Å². The van der Waals surface area contributed by atoms with Crippen LogP contribution in [0.5, 0.6) is 0 Å². The van der Waals surface area contributed by atoms with Gasteiger partial charge in [0, 0.05) is 28.4 Å². The summed E-state index contributed by atoms with van der Waals surface area (Å²) in [5, 5.41) is 11.4. The van der Waals surface area contributed by atoms with Crippen molar-refractivity contribution in [2.75, 3.05) is 17.2 Å². The van der Waals surface area contributed by atoms with Gasteiger partial charge in [0.25, 0.3) is 5.91 Å². The fourth-order valence-electron chi connectivity index (χ4n) is 3.69. The Labute approximate surface area is 178 Å². The molecule has 3 aromatic rings. The second kappa shape index (κ2) is 8.04. The molecule has 2 aromatic carbocycles. The number of aromatic nitrogens is 2. The van der Waals surface area contributed by atoms with Gasteiger partial charge in [-0.1, -0.05) is 48.5 Å². The minimum absolute atomic E-state index is 0.193. The molecular weight excluding hydrogens is 402 g/mol. The maximum atomic E-state index is 12.3. The molecule has 0 saturated carbocycles. The van der Waals surface area contributed by atoms with Gasteiger partial charge >= 0.3 is 0 Å². The third kappa shape index (κ3) is 3.55. The Hall–Kier alpha value is -3.58. The first-order chi connectivity index (χ1) is 14.5. The van der Waals surface area contributed by atoms with Gasteiger partial charge in [0.1, 0.15) is 17.1 Å². The number of nitrogens with zero attached hydrogens (tertiary/aromatic N) is 2. The highest BCUT2D eigenvalue weighted by Crippen LogP contribution is 2.38. The summed E-state index contributed by atoms with van der Waals surface area (Å²) in [5.74, 6) is -0.298. The highest BCUT2D eigenvalue weighted by atomic mass is 35.5. The van der Waals surface area contributed by atoms with E-state index in [-0.39, 0.29) is 11.9 Å². The summed E-state index contributed by atoms with van der Waals surface area (Å²) in [5.41, 5.74) is 8.83. The van der Waals surface area contributed by atoms with Gasteiger partial charge in [0.15, 0.2) is 0 Å². The van der Waals surface area contributed by atoms with Crippen LogP contribution in [0.4, 0.5) is 11.5 Å². The number of fused-ring (bicyclic) bond motifs is 1. The van der Waals surface area contributed by atoms with Gasteiger partial charge in [-0.05, 0) is 30.7 Å². The summed E-state index contributed by atoms with van der Waals surface area (Å²) in [6.45, 7) is 4.13. The fourth-order valence-corrected chi connectivity index (χ4v) is 3.82. The van der Waals surface area contributed by atoms with Crippen LogP contribution in [0.15, 0.2) is 61.2 Å². The largest absolute Gasteiger partial charge is 0.369 e. The Morgan fingerprint density at radius 3 is 2.67 bits per heavy atom. The van der Waals surface area contributed by atoms with Crippen molar-refractivity contribution >= 4 is 34.9 Å². The van der Waals surface area contributed by atoms with E-state index in [4.69, 9.17) is 22.4 Å². The summed E-state index contributed by atoms with van der Waals surface area (Å²) < 4.78 is 1.77. The second-order valence-electron chi connectivity index (χ2n) is 6.90. The first kappa shape index (κ1) is 19.7. The number of hydrogen-bond donors (Lipinski definition) is 3. The number of rotatable bonds is 5. The quantitative estimate of drug-likeness (QED) is 0.545. The summed E-state index contributed by atoms with van der Waals surface area (Å²) in [7, 11) is 0. The number of benzene rings is 2. The lowest BCUT2D eigenvalue weighted by atomic mass is 9.99.